The highest BCUT2D eigenvalue weighted by Gasteiger charge is 2.24. The van der Waals surface area contributed by atoms with E-state index in [9.17, 15) is 9.18 Å². The van der Waals surface area contributed by atoms with E-state index < -0.39 is 0 Å². The highest BCUT2D eigenvalue weighted by atomic mass is 127. The molecule has 12 heavy (non-hydrogen) atoms. The predicted molar refractivity (Wildman–Crippen MR) is 48.5 cm³/mol. The highest BCUT2D eigenvalue weighted by Crippen LogP contribution is 2.30. The minimum atomic E-state index is -0.383. The van der Waals surface area contributed by atoms with Gasteiger partial charge in [-0.15, -0.1) is 0 Å². The second-order valence-electron chi connectivity index (χ2n) is 2.49. The number of hydrogen-bond acceptors (Lipinski definition) is 2. The molecular formula is C8H4FIO2. The molecule has 4 heteroatoms. The molecule has 0 atom stereocenters. The number of benzene rings is 1. The van der Waals surface area contributed by atoms with E-state index in [2.05, 4.69) is 0 Å². The van der Waals surface area contributed by atoms with Crippen molar-refractivity contribution in [3.8, 4) is 5.75 Å². The van der Waals surface area contributed by atoms with Crippen LogP contribution in [0.5, 0.6) is 5.75 Å². The standard InChI is InChI=1S/C8H4FIO2/c9-8-4-3-7(11)12-6(4)2-1-5(8)10/h1-2H,3H2. The molecule has 2 rings (SSSR count). The molecule has 1 aromatic carbocycles. The molecule has 1 aromatic rings. The first-order valence-corrected chi connectivity index (χ1v) is 4.44. The monoisotopic (exact) mass is 278 g/mol. The molecule has 0 aromatic heterocycles. The molecule has 0 fully saturated rings. The number of carbonyl (C=O) groups excluding carboxylic acids is 1. The normalized spacial score (nSPS) is 14.3. The van der Waals surface area contributed by atoms with Gasteiger partial charge < -0.3 is 4.74 Å². The number of carbonyl (C=O) groups is 1. The van der Waals surface area contributed by atoms with Crippen molar-refractivity contribution in [1.82, 2.24) is 0 Å². The molecule has 2 nitrogen and oxygen atoms in total. The zero-order valence-corrected chi connectivity index (χ0v) is 8.09. The number of fused-ring (bicyclic) bond motifs is 1. The molecule has 0 unspecified atom stereocenters. The van der Waals surface area contributed by atoms with Crippen molar-refractivity contribution in [2.24, 2.45) is 0 Å². The molecule has 0 N–H and O–H groups in total. The zero-order chi connectivity index (χ0) is 8.72. The van der Waals surface area contributed by atoms with Crippen LogP contribution < -0.4 is 4.74 Å². The van der Waals surface area contributed by atoms with Crippen LogP contribution in [0.25, 0.3) is 0 Å². The SMILES string of the molecule is O=C1Cc2c(ccc(I)c2F)O1. The first kappa shape index (κ1) is 7.97. The van der Waals surface area contributed by atoms with Crippen LogP contribution in [0.1, 0.15) is 5.56 Å². The van der Waals surface area contributed by atoms with E-state index in [0.717, 1.165) is 0 Å². The largest absolute Gasteiger partial charge is 0.426 e. The predicted octanol–water partition coefficient (Wildman–Crippen LogP) is 1.89. The molecule has 1 heterocycles. The van der Waals surface area contributed by atoms with Crippen molar-refractivity contribution < 1.29 is 13.9 Å². The summed E-state index contributed by atoms with van der Waals surface area (Å²) >= 11 is 1.88. The van der Waals surface area contributed by atoms with E-state index in [0.29, 0.717) is 14.9 Å². The van der Waals surface area contributed by atoms with E-state index in [1.807, 2.05) is 22.6 Å². The number of rotatable bonds is 0. The third-order valence-corrected chi connectivity index (χ3v) is 2.53. The van der Waals surface area contributed by atoms with E-state index in [4.69, 9.17) is 4.74 Å². The minimum Gasteiger partial charge on any atom is -0.426 e. The first-order chi connectivity index (χ1) is 5.68. The smallest absolute Gasteiger partial charge is 0.315 e. The van der Waals surface area contributed by atoms with Gasteiger partial charge in [0.15, 0.2) is 0 Å². The van der Waals surface area contributed by atoms with Gasteiger partial charge in [-0.2, -0.15) is 0 Å². The fourth-order valence-electron chi connectivity index (χ4n) is 1.14. The topological polar surface area (TPSA) is 26.3 Å². The average Bonchev–Trinajstić information content (AvgIpc) is 2.39. The van der Waals surface area contributed by atoms with Gasteiger partial charge in [-0.25, -0.2) is 4.39 Å². The van der Waals surface area contributed by atoms with Gasteiger partial charge in [-0.05, 0) is 34.7 Å². The summed E-state index contributed by atoms with van der Waals surface area (Å²) in [7, 11) is 0. The molecule has 62 valence electrons. The Balaban J connectivity index is 2.61. The number of esters is 1. The second kappa shape index (κ2) is 2.69. The van der Waals surface area contributed by atoms with Crippen molar-refractivity contribution in [1.29, 1.82) is 0 Å². The fraction of sp³-hybridized carbons (Fsp3) is 0.125. The molecule has 0 bridgehead atoms. The molecule has 0 amide bonds. The van der Waals surface area contributed by atoms with Gasteiger partial charge in [-0.1, -0.05) is 0 Å². The van der Waals surface area contributed by atoms with Gasteiger partial charge in [-0.3, -0.25) is 4.79 Å². The van der Waals surface area contributed by atoms with Gasteiger partial charge in [0.25, 0.3) is 0 Å². The zero-order valence-electron chi connectivity index (χ0n) is 5.93. The lowest BCUT2D eigenvalue weighted by atomic mass is 10.1. The van der Waals surface area contributed by atoms with Crippen molar-refractivity contribution in [2.45, 2.75) is 6.42 Å². The number of ether oxygens (including phenoxy) is 1. The Morgan fingerprint density at radius 1 is 1.50 bits per heavy atom. The van der Waals surface area contributed by atoms with Crippen molar-refractivity contribution >= 4 is 28.6 Å². The summed E-state index contributed by atoms with van der Waals surface area (Å²) < 4.78 is 18.5. The summed E-state index contributed by atoms with van der Waals surface area (Å²) in [6.45, 7) is 0. The highest BCUT2D eigenvalue weighted by molar-refractivity contribution is 14.1. The van der Waals surface area contributed by atoms with E-state index in [1.54, 1.807) is 12.1 Å². The summed E-state index contributed by atoms with van der Waals surface area (Å²) in [5.74, 6) is -0.359. The fourth-order valence-corrected chi connectivity index (χ4v) is 1.64. The third-order valence-electron chi connectivity index (χ3n) is 1.70. The van der Waals surface area contributed by atoms with Crippen LogP contribution in [0.4, 0.5) is 4.39 Å². The maximum Gasteiger partial charge on any atom is 0.315 e. The van der Waals surface area contributed by atoms with Crippen LogP contribution in [-0.2, 0) is 11.2 Å². The van der Waals surface area contributed by atoms with Gasteiger partial charge in [0, 0.05) is 9.13 Å². The summed E-state index contributed by atoms with van der Waals surface area (Å²) in [5.41, 5.74) is 0.381. The first-order valence-electron chi connectivity index (χ1n) is 3.36. The molecule has 0 spiro atoms. The van der Waals surface area contributed by atoms with Crippen LogP contribution >= 0.6 is 22.6 Å². The number of halogens is 2. The van der Waals surface area contributed by atoms with Crippen LogP contribution in [-0.4, -0.2) is 5.97 Å². The van der Waals surface area contributed by atoms with Crippen LogP contribution in [0.3, 0.4) is 0 Å². The summed E-state index contributed by atoms with van der Waals surface area (Å²) in [6.07, 6.45) is 0.0536. The molecule has 0 radical (unpaired) electrons. The van der Waals surface area contributed by atoms with Gasteiger partial charge in [0.1, 0.15) is 11.6 Å². The Kier molecular flexibility index (Phi) is 1.79. The van der Waals surface area contributed by atoms with Gasteiger partial charge >= 0.3 is 5.97 Å². The number of hydrogen-bond donors (Lipinski definition) is 0. The van der Waals surface area contributed by atoms with Gasteiger partial charge in [0.05, 0.1) is 6.42 Å². The molecule has 0 aliphatic carbocycles. The summed E-state index contributed by atoms with van der Waals surface area (Å²) in [6, 6.07) is 3.21. The van der Waals surface area contributed by atoms with Crippen molar-refractivity contribution in [3.05, 3.63) is 27.1 Å². The third kappa shape index (κ3) is 1.10. The maximum absolute atomic E-state index is 13.2. The molecular weight excluding hydrogens is 274 g/mol. The Bertz CT molecular complexity index is 362. The lowest BCUT2D eigenvalue weighted by Gasteiger charge is -1.98. The maximum atomic E-state index is 13.2. The second-order valence-corrected chi connectivity index (χ2v) is 3.65. The van der Waals surface area contributed by atoms with Crippen LogP contribution in [0.15, 0.2) is 12.1 Å². The molecule has 1 aliphatic heterocycles. The molecule has 0 saturated heterocycles. The minimum absolute atomic E-state index is 0.0536. The summed E-state index contributed by atoms with van der Waals surface area (Å²) in [4.78, 5) is 10.8. The van der Waals surface area contributed by atoms with Gasteiger partial charge in [0.2, 0.25) is 0 Å². The van der Waals surface area contributed by atoms with E-state index in [1.165, 1.54) is 0 Å². The lowest BCUT2D eigenvalue weighted by Crippen LogP contribution is -2.00. The molecule has 0 saturated carbocycles. The van der Waals surface area contributed by atoms with E-state index in [-0.39, 0.29) is 18.2 Å². The Morgan fingerprint density at radius 3 is 3.00 bits per heavy atom. The molecule has 1 aliphatic rings. The Hall–Kier alpha value is -0.650. The summed E-state index contributed by atoms with van der Waals surface area (Å²) in [5, 5.41) is 0. The lowest BCUT2D eigenvalue weighted by molar-refractivity contribution is -0.131. The van der Waals surface area contributed by atoms with E-state index >= 15 is 0 Å². The average molecular weight is 278 g/mol. The van der Waals surface area contributed by atoms with Crippen molar-refractivity contribution in [2.75, 3.05) is 0 Å². The van der Waals surface area contributed by atoms with Crippen LogP contribution in [0.2, 0.25) is 0 Å². The Labute approximate surface area is 81.9 Å². The quantitative estimate of drug-likeness (QED) is 0.411. The Morgan fingerprint density at radius 2 is 2.25 bits per heavy atom. The van der Waals surface area contributed by atoms with Crippen LogP contribution in [0, 0.1) is 9.39 Å². The van der Waals surface area contributed by atoms with Crippen molar-refractivity contribution in [3.63, 3.8) is 0 Å².